The highest BCUT2D eigenvalue weighted by Crippen LogP contribution is 2.19. The first-order valence-corrected chi connectivity index (χ1v) is 10.8. The number of benzene rings is 1. The van der Waals surface area contributed by atoms with Crippen molar-refractivity contribution in [3.8, 4) is 5.75 Å². The summed E-state index contributed by atoms with van der Waals surface area (Å²) in [5, 5.41) is 10.4. The van der Waals surface area contributed by atoms with Crippen molar-refractivity contribution in [2.45, 2.75) is 45.8 Å². The van der Waals surface area contributed by atoms with Crippen LogP contribution in [0, 0.1) is 11.9 Å². The molecule has 0 spiro atoms. The number of carbonyl (C=O) groups is 1. The van der Waals surface area contributed by atoms with Crippen molar-refractivity contribution < 1.29 is 13.9 Å². The smallest absolute Gasteiger partial charge is 0.318 e. The van der Waals surface area contributed by atoms with Crippen molar-refractivity contribution in [2.24, 2.45) is 5.92 Å². The monoisotopic (exact) mass is 429 g/mol. The Morgan fingerprint density at radius 3 is 2.52 bits per heavy atom. The predicted octanol–water partition coefficient (Wildman–Crippen LogP) is 3.46. The topological polar surface area (TPSA) is 70.6 Å². The molecule has 1 aromatic carbocycles. The molecule has 31 heavy (non-hydrogen) atoms. The molecular formula is C23H32FN5O2. The molecule has 1 aromatic heterocycles. The van der Waals surface area contributed by atoms with Crippen LogP contribution >= 0.6 is 0 Å². The lowest BCUT2D eigenvalue weighted by Gasteiger charge is -2.37. The fourth-order valence-electron chi connectivity index (χ4n) is 3.52. The van der Waals surface area contributed by atoms with Crippen molar-refractivity contribution in [3.63, 3.8) is 0 Å². The summed E-state index contributed by atoms with van der Waals surface area (Å²) in [6.07, 6.45) is 1.78. The van der Waals surface area contributed by atoms with Gasteiger partial charge in [0, 0.05) is 12.6 Å². The van der Waals surface area contributed by atoms with E-state index in [9.17, 15) is 9.18 Å². The molecule has 0 bridgehead atoms. The first kappa shape index (κ1) is 22.9. The third-order valence-corrected chi connectivity index (χ3v) is 5.36. The van der Waals surface area contributed by atoms with E-state index in [0.29, 0.717) is 31.3 Å². The number of nitrogens with zero attached hydrogens (tertiary/aromatic N) is 4. The standard InChI is InChI=1S/C23H32FN5O2/c1-17(2)16-31-21-7-4-18(5-8-21)14-25-23(30)29(20-10-12-28(3)13-11-20)15-19-6-9-22(24)27-26-19/h4-9,17,20H,10-16H2,1-3H3,(H,25,30). The van der Waals surface area contributed by atoms with E-state index in [0.717, 1.165) is 37.2 Å². The fourth-order valence-corrected chi connectivity index (χ4v) is 3.52. The molecule has 0 unspecified atom stereocenters. The molecule has 0 saturated carbocycles. The molecular weight excluding hydrogens is 397 g/mol. The Morgan fingerprint density at radius 2 is 1.90 bits per heavy atom. The minimum absolute atomic E-state index is 0.106. The van der Waals surface area contributed by atoms with Crippen molar-refractivity contribution in [1.82, 2.24) is 25.3 Å². The highest BCUT2D eigenvalue weighted by molar-refractivity contribution is 5.74. The second-order valence-corrected chi connectivity index (χ2v) is 8.52. The Hall–Kier alpha value is -2.74. The van der Waals surface area contributed by atoms with Gasteiger partial charge in [-0.25, -0.2) is 4.79 Å². The molecule has 1 N–H and O–H groups in total. The minimum atomic E-state index is -0.625. The van der Waals surface area contributed by atoms with Gasteiger partial charge in [0.25, 0.3) is 0 Å². The van der Waals surface area contributed by atoms with Gasteiger partial charge in [-0.15, -0.1) is 5.10 Å². The summed E-state index contributed by atoms with van der Waals surface area (Å²) >= 11 is 0. The van der Waals surface area contributed by atoms with Gasteiger partial charge in [0.15, 0.2) is 0 Å². The van der Waals surface area contributed by atoms with E-state index in [1.807, 2.05) is 24.3 Å². The largest absolute Gasteiger partial charge is 0.493 e. The van der Waals surface area contributed by atoms with Gasteiger partial charge in [0.1, 0.15) is 5.75 Å². The van der Waals surface area contributed by atoms with E-state index in [4.69, 9.17) is 4.74 Å². The molecule has 3 rings (SSSR count). The van der Waals surface area contributed by atoms with E-state index in [2.05, 4.69) is 41.3 Å². The molecule has 8 heteroatoms. The van der Waals surface area contributed by atoms with E-state index in [-0.39, 0.29) is 12.1 Å². The van der Waals surface area contributed by atoms with Crippen molar-refractivity contribution in [2.75, 3.05) is 26.7 Å². The lowest BCUT2D eigenvalue weighted by Crippen LogP contribution is -2.49. The highest BCUT2D eigenvalue weighted by Gasteiger charge is 2.27. The first-order chi connectivity index (χ1) is 14.9. The average Bonchev–Trinajstić information content (AvgIpc) is 2.77. The number of hydrogen-bond donors (Lipinski definition) is 1. The second kappa shape index (κ2) is 11.0. The van der Waals surface area contributed by atoms with Crippen molar-refractivity contribution in [3.05, 3.63) is 53.6 Å². The third kappa shape index (κ3) is 7.17. The summed E-state index contributed by atoms with van der Waals surface area (Å²) in [6.45, 7) is 7.47. The Bertz CT molecular complexity index is 821. The number of hydrogen-bond acceptors (Lipinski definition) is 5. The molecule has 1 aliphatic rings. The van der Waals surface area contributed by atoms with Crippen LogP contribution in [0.25, 0.3) is 0 Å². The fraction of sp³-hybridized carbons (Fsp3) is 0.522. The third-order valence-electron chi connectivity index (χ3n) is 5.36. The maximum Gasteiger partial charge on any atom is 0.318 e. The molecule has 1 saturated heterocycles. The summed E-state index contributed by atoms with van der Waals surface area (Å²) in [4.78, 5) is 17.1. The van der Waals surface area contributed by atoms with Crippen LogP contribution in [0.3, 0.4) is 0 Å². The molecule has 1 aliphatic heterocycles. The molecule has 0 aliphatic carbocycles. The number of aromatic nitrogens is 2. The number of ether oxygens (including phenoxy) is 1. The van der Waals surface area contributed by atoms with E-state index >= 15 is 0 Å². The molecule has 7 nitrogen and oxygen atoms in total. The summed E-state index contributed by atoms with van der Waals surface area (Å²) in [5.41, 5.74) is 1.57. The molecule has 2 heterocycles. The number of urea groups is 1. The number of piperidine rings is 1. The van der Waals surface area contributed by atoms with Crippen LogP contribution in [-0.2, 0) is 13.1 Å². The number of halogens is 1. The van der Waals surface area contributed by atoms with Crippen LogP contribution in [-0.4, -0.2) is 58.8 Å². The van der Waals surface area contributed by atoms with Gasteiger partial charge in [-0.2, -0.15) is 9.49 Å². The summed E-state index contributed by atoms with van der Waals surface area (Å²) in [5.74, 6) is 0.668. The zero-order valence-electron chi connectivity index (χ0n) is 18.6. The molecule has 168 valence electrons. The Morgan fingerprint density at radius 1 is 1.19 bits per heavy atom. The molecule has 2 aromatic rings. The maximum absolute atomic E-state index is 13.1. The number of carbonyl (C=O) groups excluding carboxylic acids is 1. The van der Waals surface area contributed by atoms with Gasteiger partial charge in [0.05, 0.1) is 18.8 Å². The van der Waals surface area contributed by atoms with E-state index in [1.165, 1.54) is 6.07 Å². The van der Waals surface area contributed by atoms with Crippen LogP contribution in [0.4, 0.5) is 9.18 Å². The molecule has 0 radical (unpaired) electrons. The number of amides is 2. The normalized spacial score (nSPS) is 15.1. The Balaban J connectivity index is 1.61. The lowest BCUT2D eigenvalue weighted by atomic mass is 10.0. The molecule has 1 fully saturated rings. The highest BCUT2D eigenvalue weighted by atomic mass is 19.1. The van der Waals surface area contributed by atoms with Crippen molar-refractivity contribution >= 4 is 6.03 Å². The SMILES string of the molecule is CC(C)COc1ccc(CNC(=O)N(Cc2ccc(F)nn2)C2CCN(C)CC2)cc1. The molecule has 0 atom stereocenters. The van der Waals surface area contributed by atoms with Gasteiger partial charge < -0.3 is 19.9 Å². The lowest BCUT2D eigenvalue weighted by molar-refractivity contribution is 0.126. The first-order valence-electron chi connectivity index (χ1n) is 10.8. The Labute approximate surface area is 183 Å². The summed E-state index contributed by atoms with van der Waals surface area (Å²) in [7, 11) is 2.08. The zero-order valence-corrected chi connectivity index (χ0v) is 18.6. The van der Waals surface area contributed by atoms with Crippen LogP contribution in [0.1, 0.15) is 37.9 Å². The number of likely N-dealkylation sites (tertiary alicyclic amines) is 1. The van der Waals surface area contributed by atoms with Gasteiger partial charge >= 0.3 is 6.03 Å². The summed E-state index contributed by atoms with van der Waals surface area (Å²) in [6, 6.07) is 10.6. The number of rotatable bonds is 8. The Kier molecular flexibility index (Phi) is 8.17. The van der Waals surface area contributed by atoms with Gasteiger partial charge in [0.2, 0.25) is 5.95 Å². The van der Waals surface area contributed by atoms with Crippen LogP contribution < -0.4 is 10.1 Å². The van der Waals surface area contributed by atoms with Crippen LogP contribution in [0.2, 0.25) is 0 Å². The van der Waals surface area contributed by atoms with E-state index < -0.39 is 5.95 Å². The average molecular weight is 430 g/mol. The van der Waals surface area contributed by atoms with Crippen molar-refractivity contribution in [1.29, 1.82) is 0 Å². The quantitative estimate of drug-likeness (QED) is 0.696. The molecule has 2 amide bonds. The second-order valence-electron chi connectivity index (χ2n) is 8.52. The van der Waals surface area contributed by atoms with Gasteiger partial charge in [-0.1, -0.05) is 26.0 Å². The van der Waals surface area contributed by atoms with Crippen LogP contribution in [0.15, 0.2) is 36.4 Å². The number of nitrogens with one attached hydrogen (secondary N) is 1. The summed E-state index contributed by atoms with van der Waals surface area (Å²) < 4.78 is 18.8. The van der Waals surface area contributed by atoms with Gasteiger partial charge in [-0.05, 0) is 68.7 Å². The van der Waals surface area contributed by atoms with Gasteiger partial charge in [-0.3, -0.25) is 0 Å². The van der Waals surface area contributed by atoms with E-state index in [1.54, 1.807) is 11.0 Å². The zero-order chi connectivity index (χ0) is 22.2. The van der Waals surface area contributed by atoms with Crippen LogP contribution in [0.5, 0.6) is 5.75 Å². The maximum atomic E-state index is 13.1. The predicted molar refractivity (Wildman–Crippen MR) is 117 cm³/mol. The minimum Gasteiger partial charge on any atom is -0.493 e.